The van der Waals surface area contributed by atoms with Crippen LogP contribution in [-0.2, 0) is 36.9 Å². The van der Waals surface area contributed by atoms with Crippen LogP contribution in [0.5, 0.6) is 0 Å². The molecule has 2 aromatic rings. The number of nitrogens with one attached hydrogen (secondary N) is 1. The average molecular weight is 744 g/mol. The minimum Gasteiger partial charge on any atom is -0.469 e. The lowest BCUT2D eigenvalue weighted by Gasteiger charge is -2.51. The number of halogens is 7. The van der Waals surface area contributed by atoms with Gasteiger partial charge in [-0.25, -0.2) is 4.39 Å². The fraction of sp³-hybridized carbons (Fsp3) is 0.583. The van der Waals surface area contributed by atoms with Crippen LogP contribution in [0.15, 0.2) is 36.4 Å². The van der Waals surface area contributed by atoms with E-state index < -0.39 is 64.2 Å². The number of methoxy groups -OCH3 is 1. The zero-order valence-corrected chi connectivity index (χ0v) is 29.9. The predicted molar refractivity (Wildman–Crippen MR) is 176 cm³/mol. The summed E-state index contributed by atoms with van der Waals surface area (Å²) in [7, 11) is 2.76. The van der Waals surface area contributed by atoms with Gasteiger partial charge in [-0.3, -0.25) is 29.5 Å². The molecule has 0 bridgehead atoms. The summed E-state index contributed by atoms with van der Waals surface area (Å²) in [6.07, 6.45) is -10.7. The number of benzene rings is 2. The van der Waals surface area contributed by atoms with Crippen LogP contribution in [0, 0.1) is 12.7 Å². The number of aryl methyl sites for hydroxylation is 1. The Morgan fingerprint density at radius 1 is 0.904 bits per heavy atom. The summed E-state index contributed by atoms with van der Waals surface area (Å²) in [6, 6.07) is 5.10. The molecule has 3 saturated heterocycles. The molecule has 52 heavy (non-hydrogen) atoms. The van der Waals surface area contributed by atoms with Crippen molar-refractivity contribution in [3.8, 4) is 0 Å². The minimum atomic E-state index is -5.08. The van der Waals surface area contributed by atoms with E-state index in [-0.39, 0.29) is 36.6 Å². The highest BCUT2D eigenvalue weighted by molar-refractivity contribution is 5.87. The lowest BCUT2D eigenvalue weighted by Crippen LogP contribution is -2.67. The summed E-state index contributed by atoms with van der Waals surface area (Å²) in [5.41, 5.74) is -3.92. The number of hydrogen-bond acceptors (Lipinski definition) is 7. The van der Waals surface area contributed by atoms with Crippen molar-refractivity contribution in [2.45, 2.75) is 88.6 Å². The van der Waals surface area contributed by atoms with Gasteiger partial charge < -0.3 is 14.5 Å². The molecule has 3 heterocycles. The van der Waals surface area contributed by atoms with Crippen LogP contribution in [0.3, 0.4) is 0 Å². The maximum Gasteiger partial charge on any atom is 0.416 e. The average Bonchev–Trinajstić information content (AvgIpc) is 3.51. The molecule has 0 aliphatic carbocycles. The Kier molecular flexibility index (Phi) is 11.1. The first-order valence-electron chi connectivity index (χ1n) is 17.0. The van der Waals surface area contributed by atoms with E-state index in [1.807, 2.05) is 0 Å². The Morgan fingerprint density at radius 3 is 2.06 bits per heavy atom. The third-order valence-corrected chi connectivity index (χ3v) is 10.8. The number of likely N-dealkylation sites (N-methyl/N-ethyl adjacent to an activating group) is 1. The topological polar surface area (TPSA) is 85.4 Å². The maximum absolute atomic E-state index is 14.3. The number of nitrogens with zero attached hydrogens (tertiary/aromatic N) is 4. The van der Waals surface area contributed by atoms with Gasteiger partial charge in [0.1, 0.15) is 5.82 Å². The summed E-state index contributed by atoms with van der Waals surface area (Å²) in [4.78, 5) is 46.4. The van der Waals surface area contributed by atoms with Crippen molar-refractivity contribution in [1.29, 1.82) is 0 Å². The normalized spacial score (nSPS) is 24.8. The SMILES string of the molecule is COC(=O)C[C@@H]1CN2CCN(C3CC(c4ccc(F)cc4C)C(N(C)C(=O)C(C)(C)c4cc(C(F)(F)F)cc(C(F)(F)F)c4)N3)CC2CN1C(C)=O. The summed E-state index contributed by atoms with van der Waals surface area (Å²) in [5.74, 6) is -2.17. The molecule has 16 heteroatoms. The molecule has 286 valence electrons. The van der Waals surface area contributed by atoms with Gasteiger partial charge in [0.25, 0.3) is 0 Å². The van der Waals surface area contributed by atoms with Gasteiger partial charge in [0.05, 0.1) is 48.4 Å². The van der Waals surface area contributed by atoms with Gasteiger partial charge in [0, 0.05) is 58.7 Å². The lowest BCUT2D eigenvalue weighted by atomic mass is 9.80. The molecule has 5 rings (SSSR count). The van der Waals surface area contributed by atoms with Crippen LogP contribution >= 0.6 is 0 Å². The number of hydrogen-bond donors (Lipinski definition) is 1. The predicted octanol–water partition coefficient (Wildman–Crippen LogP) is 5.12. The second-order valence-electron chi connectivity index (χ2n) is 14.6. The van der Waals surface area contributed by atoms with Crippen LogP contribution in [0.1, 0.15) is 67.3 Å². The third-order valence-electron chi connectivity index (χ3n) is 10.8. The fourth-order valence-electron chi connectivity index (χ4n) is 7.94. The molecule has 4 unspecified atom stereocenters. The summed E-state index contributed by atoms with van der Waals surface area (Å²) in [5, 5.41) is 3.52. The summed E-state index contributed by atoms with van der Waals surface area (Å²) >= 11 is 0. The Hall–Kier alpha value is -3.76. The van der Waals surface area contributed by atoms with Crippen LogP contribution < -0.4 is 5.32 Å². The number of fused-ring (bicyclic) bond motifs is 1. The number of carbonyl (C=O) groups excluding carboxylic acids is 3. The van der Waals surface area contributed by atoms with E-state index >= 15 is 0 Å². The van der Waals surface area contributed by atoms with Crippen molar-refractivity contribution >= 4 is 17.8 Å². The number of esters is 1. The van der Waals surface area contributed by atoms with Crippen LogP contribution in [0.2, 0.25) is 0 Å². The fourth-order valence-corrected chi connectivity index (χ4v) is 7.94. The highest BCUT2D eigenvalue weighted by Crippen LogP contribution is 2.41. The maximum atomic E-state index is 14.3. The number of rotatable bonds is 7. The van der Waals surface area contributed by atoms with Gasteiger partial charge in [-0.05, 0) is 74.2 Å². The Bertz CT molecular complexity index is 1650. The van der Waals surface area contributed by atoms with E-state index in [1.54, 1.807) is 17.9 Å². The number of amides is 2. The molecule has 9 nitrogen and oxygen atoms in total. The van der Waals surface area contributed by atoms with Gasteiger partial charge in [0.2, 0.25) is 11.8 Å². The first-order chi connectivity index (χ1) is 24.1. The van der Waals surface area contributed by atoms with Crippen molar-refractivity contribution in [1.82, 2.24) is 24.9 Å². The third kappa shape index (κ3) is 8.08. The van der Waals surface area contributed by atoms with E-state index in [2.05, 4.69) is 15.1 Å². The molecule has 3 aliphatic rings. The van der Waals surface area contributed by atoms with Gasteiger partial charge >= 0.3 is 18.3 Å². The molecule has 3 fully saturated rings. The molecule has 0 radical (unpaired) electrons. The van der Waals surface area contributed by atoms with E-state index in [4.69, 9.17) is 4.74 Å². The van der Waals surface area contributed by atoms with E-state index in [9.17, 15) is 45.1 Å². The standard InChI is InChI=1S/C36H44F7N5O4/c1-20-11-25(37)7-8-28(20)29-16-30(47-10-9-46-17-26(15-31(50)52-6)48(21(2)49)19-27(46)18-47)44-32(29)45(5)33(51)34(3,4)22-12-23(35(38,39)40)14-24(13-22)36(41,42)43/h7-8,11-14,26-27,29-30,32,44H,9-10,15-19H2,1-6H3/t26-,27?,29?,30?,32?/m1/s1. The Morgan fingerprint density at radius 2 is 1.50 bits per heavy atom. The van der Waals surface area contributed by atoms with E-state index in [0.29, 0.717) is 56.8 Å². The molecule has 0 aromatic heterocycles. The zero-order chi connectivity index (χ0) is 38.5. The largest absolute Gasteiger partial charge is 0.469 e. The second kappa shape index (κ2) is 14.6. The van der Waals surface area contributed by atoms with Crippen molar-refractivity contribution in [3.05, 3.63) is 70.0 Å². The quantitative estimate of drug-likeness (QED) is 0.312. The zero-order valence-electron chi connectivity index (χ0n) is 29.9. The smallest absolute Gasteiger partial charge is 0.416 e. The van der Waals surface area contributed by atoms with Crippen LogP contribution in [0.4, 0.5) is 30.7 Å². The number of alkyl halides is 6. The van der Waals surface area contributed by atoms with Gasteiger partial charge in [-0.15, -0.1) is 0 Å². The molecule has 1 N–H and O–H groups in total. The van der Waals surface area contributed by atoms with Gasteiger partial charge in [-0.1, -0.05) is 6.07 Å². The van der Waals surface area contributed by atoms with Crippen molar-refractivity contribution in [2.24, 2.45) is 0 Å². The minimum absolute atomic E-state index is 0.0330. The first kappa shape index (κ1) is 39.4. The molecule has 5 atom stereocenters. The number of piperazine rings is 2. The lowest BCUT2D eigenvalue weighted by molar-refractivity contribution is -0.147. The van der Waals surface area contributed by atoms with Crippen molar-refractivity contribution in [3.63, 3.8) is 0 Å². The molecule has 2 aromatic carbocycles. The van der Waals surface area contributed by atoms with E-state index in [1.165, 1.54) is 52.0 Å². The highest BCUT2D eigenvalue weighted by Gasteiger charge is 2.48. The number of carbonyl (C=O) groups is 3. The molecule has 3 aliphatic heterocycles. The van der Waals surface area contributed by atoms with Crippen LogP contribution in [-0.4, -0.2) is 109 Å². The molecule has 0 spiro atoms. The molecule has 0 saturated carbocycles. The van der Waals surface area contributed by atoms with Crippen LogP contribution in [0.25, 0.3) is 0 Å². The van der Waals surface area contributed by atoms with E-state index in [0.717, 1.165) is 5.56 Å². The van der Waals surface area contributed by atoms with Gasteiger partial charge in [-0.2, -0.15) is 26.3 Å². The van der Waals surface area contributed by atoms with Crippen molar-refractivity contribution < 1.29 is 49.9 Å². The Labute approximate surface area is 298 Å². The monoisotopic (exact) mass is 743 g/mol. The molecule has 2 amide bonds. The highest BCUT2D eigenvalue weighted by atomic mass is 19.4. The van der Waals surface area contributed by atoms with Crippen molar-refractivity contribution in [2.75, 3.05) is 46.9 Å². The Balaban J connectivity index is 1.43. The first-order valence-corrected chi connectivity index (χ1v) is 17.0. The molecular formula is C36H44F7N5O4. The summed E-state index contributed by atoms with van der Waals surface area (Å²) in [6.45, 7) is 8.39. The summed E-state index contributed by atoms with van der Waals surface area (Å²) < 4.78 is 102. The second-order valence-corrected chi connectivity index (χ2v) is 14.6. The number of ether oxygens (including phenoxy) is 1. The molecular weight excluding hydrogens is 699 g/mol. The van der Waals surface area contributed by atoms with Gasteiger partial charge in [0.15, 0.2) is 0 Å².